The van der Waals surface area contributed by atoms with Gasteiger partial charge in [-0.15, -0.1) is 0 Å². The van der Waals surface area contributed by atoms with Gasteiger partial charge in [0.25, 0.3) is 0 Å². The van der Waals surface area contributed by atoms with Crippen LogP contribution in [0.15, 0.2) is 22.8 Å². The lowest BCUT2D eigenvalue weighted by molar-refractivity contribution is -0.137. The van der Waals surface area contributed by atoms with Gasteiger partial charge in [0.15, 0.2) is 0 Å². The van der Waals surface area contributed by atoms with Crippen LogP contribution in [0.5, 0.6) is 0 Å². The van der Waals surface area contributed by atoms with Gasteiger partial charge >= 0.3 is 12.0 Å². The van der Waals surface area contributed by atoms with Crippen molar-refractivity contribution in [3.63, 3.8) is 0 Å². The molecule has 2 amide bonds. The molecule has 0 bridgehead atoms. The van der Waals surface area contributed by atoms with Crippen molar-refractivity contribution in [3.8, 4) is 0 Å². The topological polar surface area (TPSA) is 91.6 Å². The molecule has 0 saturated carbocycles. The predicted molar refractivity (Wildman–Crippen MR) is 65.0 cm³/mol. The number of carboxylic acids is 1. The number of rotatable bonds is 6. The van der Waals surface area contributed by atoms with E-state index in [9.17, 15) is 9.59 Å². The summed E-state index contributed by atoms with van der Waals surface area (Å²) in [6, 6.07) is 3.16. The van der Waals surface area contributed by atoms with E-state index in [0.717, 1.165) is 0 Å². The number of hydrogen-bond donors (Lipinski definition) is 3. The van der Waals surface area contributed by atoms with Gasteiger partial charge in [-0.25, -0.2) is 4.79 Å². The molecule has 3 N–H and O–H groups in total. The summed E-state index contributed by atoms with van der Waals surface area (Å²) in [5.41, 5.74) is -0.564. The molecular weight excluding hydrogens is 236 g/mol. The van der Waals surface area contributed by atoms with Crippen LogP contribution in [-0.2, 0) is 11.3 Å². The van der Waals surface area contributed by atoms with E-state index in [1.54, 1.807) is 26.0 Å². The largest absolute Gasteiger partial charge is 0.481 e. The summed E-state index contributed by atoms with van der Waals surface area (Å²) >= 11 is 0. The van der Waals surface area contributed by atoms with Crippen molar-refractivity contribution in [2.24, 2.45) is 0 Å². The summed E-state index contributed by atoms with van der Waals surface area (Å²) in [7, 11) is 0. The molecule has 0 radical (unpaired) electrons. The van der Waals surface area contributed by atoms with E-state index >= 15 is 0 Å². The third-order valence-corrected chi connectivity index (χ3v) is 2.42. The number of nitrogens with one attached hydrogen (secondary N) is 2. The number of amides is 2. The maximum Gasteiger partial charge on any atom is 0.315 e. The maximum atomic E-state index is 11.6. The lowest BCUT2D eigenvalue weighted by Crippen LogP contribution is -2.48. The first-order valence-electron chi connectivity index (χ1n) is 5.69. The average Bonchev–Trinajstić information content (AvgIpc) is 2.76. The number of aliphatic carboxylic acids is 1. The Balaban J connectivity index is 2.31. The average molecular weight is 254 g/mol. The quantitative estimate of drug-likeness (QED) is 0.720. The van der Waals surface area contributed by atoms with Crippen LogP contribution in [0.2, 0.25) is 0 Å². The molecule has 0 atom stereocenters. The maximum absolute atomic E-state index is 11.6. The van der Waals surface area contributed by atoms with Crippen LogP contribution in [0.1, 0.15) is 32.4 Å². The summed E-state index contributed by atoms with van der Waals surface area (Å²) in [5, 5.41) is 14.0. The van der Waals surface area contributed by atoms with Gasteiger partial charge in [0.05, 0.1) is 12.8 Å². The molecule has 0 aliphatic carbocycles. The van der Waals surface area contributed by atoms with Crippen LogP contribution in [0.4, 0.5) is 4.79 Å². The molecule has 0 fully saturated rings. The first-order chi connectivity index (χ1) is 8.39. The first-order valence-corrected chi connectivity index (χ1v) is 5.69. The smallest absolute Gasteiger partial charge is 0.315 e. The van der Waals surface area contributed by atoms with Crippen molar-refractivity contribution in [2.45, 2.75) is 38.8 Å². The standard InChI is InChI=1S/C12H18N2O4/c1-12(2,6-5-10(15)16)14-11(17)13-8-9-4-3-7-18-9/h3-4,7H,5-6,8H2,1-2H3,(H,15,16)(H2,13,14,17). The van der Waals surface area contributed by atoms with Gasteiger partial charge in [-0.3, -0.25) is 4.79 Å². The monoisotopic (exact) mass is 254 g/mol. The van der Waals surface area contributed by atoms with Gasteiger partial charge in [-0.2, -0.15) is 0 Å². The summed E-state index contributed by atoms with van der Waals surface area (Å²) < 4.78 is 5.07. The van der Waals surface area contributed by atoms with Crippen molar-refractivity contribution < 1.29 is 19.1 Å². The fourth-order valence-corrected chi connectivity index (χ4v) is 1.41. The minimum absolute atomic E-state index is 0.0193. The molecule has 0 saturated heterocycles. The highest BCUT2D eigenvalue weighted by molar-refractivity contribution is 5.74. The summed E-state index contributed by atoms with van der Waals surface area (Å²) in [6.07, 6.45) is 1.92. The van der Waals surface area contributed by atoms with E-state index in [4.69, 9.17) is 9.52 Å². The highest BCUT2D eigenvalue weighted by Gasteiger charge is 2.21. The Morgan fingerprint density at radius 2 is 2.17 bits per heavy atom. The zero-order chi connectivity index (χ0) is 13.6. The summed E-state index contributed by atoms with van der Waals surface area (Å²) in [5.74, 6) is -0.214. The number of carbonyl (C=O) groups is 2. The Hall–Kier alpha value is -1.98. The van der Waals surface area contributed by atoms with Gasteiger partial charge < -0.3 is 20.2 Å². The molecule has 1 heterocycles. The summed E-state index contributed by atoms with van der Waals surface area (Å²) in [4.78, 5) is 22.1. The van der Waals surface area contributed by atoms with Crippen molar-refractivity contribution in [2.75, 3.05) is 0 Å². The number of hydrogen-bond acceptors (Lipinski definition) is 3. The van der Waals surface area contributed by atoms with Gasteiger partial charge in [0.1, 0.15) is 5.76 Å². The van der Waals surface area contributed by atoms with E-state index in [1.165, 1.54) is 6.26 Å². The molecule has 0 aliphatic heterocycles. The van der Waals surface area contributed by atoms with E-state index in [-0.39, 0.29) is 12.5 Å². The molecule has 6 nitrogen and oxygen atoms in total. The van der Waals surface area contributed by atoms with E-state index in [2.05, 4.69) is 10.6 Å². The van der Waals surface area contributed by atoms with E-state index in [0.29, 0.717) is 18.7 Å². The lowest BCUT2D eigenvalue weighted by atomic mass is 9.99. The third-order valence-electron chi connectivity index (χ3n) is 2.42. The highest BCUT2D eigenvalue weighted by Crippen LogP contribution is 2.10. The Morgan fingerprint density at radius 1 is 1.44 bits per heavy atom. The second-order valence-corrected chi connectivity index (χ2v) is 4.66. The zero-order valence-electron chi connectivity index (χ0n) is 10.5. The number of carbonyl (C=O) groups excluding carboxylic acids is 1. The molecule has 1 rings (SSSR count). The molecule has 100 valence electrons. The van der Waals surface area contributed by atoms with E-state index < -0.39 is 11.5 Å². The minimum atomic E-state index is -0.874. The predicted octanol–water partition coefficient (Wildman–Crippen LogP) is 1.72. The molecule has 0 spiro atoms. The fraction of sp³-hybridized carbons (Fsp3) is 0.500. The third kappa shape index (κ3) is 5.38. The normalized spacial score (nSPS) is 11.0. The number of urea groups is 1. The second-order valence-electron chi connectivity index (χ2n) is 4.66. The summed E-state index contributed by atoms with van der Waals surface area (Å²) in [6.45, 7) is 3.86. The van der Waals surface area contributed by atoms with Crippen molar-refractivity contribution in [1.82, 2.24) is 10.6 Å². The van der Waals surface area contributed by atoms with E-state index in [1.807, 2.05) is 0 Å². The van der Waals surface area contributed by atoms with Crippen LogP contribution in [0.25, 0.3) is 0 Å². The molecule has 18 heavy (non-hydrogen) atoms. The molecule has 0 unspecified atom stereocenters. The molecular formula is C12H18N2O4. The van der Waals surface area contributed by atoms with Crippen molar-refractivity contribution in [1.29, 1.82) is 0 Å². The van der Waals surface area contributed by atoms with Crippen molar-refractivity contribution >= 4 is 12.0 Å². The fourth-order valence-electron chi connectivity index (χ4n) is 1.41. The number of furan rings is 1. The molecule has 6 heteroatoms. The molecule has 1 aromatic heterocycles. The van der Waals surface area contributed by atoms with Crippen LogP contribution in [-0.4, -0.2) is 22.6 Å². The van der Waals surface area contributed by atoms with Gasteiger partial charge in [0, 0.05) is 12.0 Å². The first kappa shape index (κ1) is 14.1. The lowest BCUT2D eigenvalue weighted by Gasteiger charge is -2.25. The second kappa shape index (κ2) is 6.09. The molecule has 1 aromatic rings. The Kier molecular flexibility index (Phi) is 4.76. The SMILES string of the molecule is CC(C)(CCC(=O)O)NC(=O)NCc1ccco1. The molecule has 0 aromatic carbocycles. The highest BCUT2D eigenvalue weighted by atomic mass is 16.4. The van der Waals surface area contributed by atoms with Crippen LogP contribution < -0.4 is 10.6 Å². The molecule has 0 aliphatic rings. The van der Waals surface area contributed by atoms with Gasteiger partial charge in [-0.1, -0.05) is 0 Å². The van der Waals surface area contributed by atoms with Crippen molar-refractivity contribution in [3.05, 3.63) is 24.2 Å². The van der Waals surface area contributed by atoms with Crippen LogP contribution >= 0.6 is 0 Å². The van der Waals surface area contributed by atoms with Crippen LogP contribution in [0, 0.1) is 0 Å². The van der Waals surface area contributed by atoms with Gasteiger partial charge in [-0.05, 0) is 32.4 Å². The Labute approximate surface area is 105 Å². The Bertz CT molecular complexity index is 398. The zero-order valence-corrected chi connectivity index (χ0v) is 10.5. The van der Waals surface area contributed by atoms with Gasteiger partial charge in [0.2, 0.25) is 0 Å². The number of carboxylic acid groups (broad SMARTS) is 1. The van der Waals surface area contributed by atoms with Crippen LogP contribution in [0.3, 0.4) is 0 Å². The Morgan fingerprint density at radius 3 is 2.72 bits per heavy atom. The minimum Gasteiger partial charge on any atom is -0.481 e.